The van der Waals surface area contributed by atoms with Gasteiger partial charge in [-0.15, -0.1) is 5.10 Å². The zero-order valence-corrected chi connectivity index (χ0v) is 13.5. The van der Waals surface area contributed by atoms with E-state index < -0.39 is 0 Å². The zero-order valence-electron chi connectivity index (χ0n) is 13.5. The molecule has 5 heteroatoms. The van der Waals surface area contributed by atoms with Crippen LogP contribution in [0.2, 0.25) is 0 Å². The number of aromatic nitrogens is 3. The normalized spacial score (nSPS) is 16.3. The van der Waals surface area contributed by atoms with Crippen molar-refractivity contribution < 1.29 is 4.39 Å². The van der Waals surface area contributed by atoms with Crippen molar-refractivity contribution >= 4 is 11.9 Å². The van der Waals surface area contributed by atoms with E-state index in [0.29, 0.717) is 23.6 Å². The van der Waals surface area contributed by atoms with Crippen LogP contribution in [0.15, 0.2) is 47.5 Å². The van der Waals surface area contributed by atoms with Crippen molar-refractivity contribution in [1.29, 1.82) is 0 Å². The topological polar surface area (TPSA) is 43.1 Å². The lowest BCUT2D eigenvalue weighted by Crippen LogP contribution is -2.07. The maximum Gasteiger partial charge on any atom is 0.199 e. The van der Waals surface area contributed by atoms with Crippen molar-refractivity contribution in [3.05, 3.63) is 65.5 Å². The molecule has 1 aromatic carbocycles. The average molecular weight is 310 g/mol. The second kappa shape index (κ2) is 5.91. The third-order valence-corrected chi connectivity index (χ3v) is 3.68. The number of halogens is 1. The van der Waals surface area contributed by atoms with Gasteiger partial charge in [0, 0.05) is 17.2 Å². The quantitative estimate of drug-likeness (QED) is 0.866. The molecule has 1 aliphatic rings. The Balaban J connectivity index is 1.89. The summed E-state index contributed by atoms with van der Waals surface area (Å²) in [6.07, 6.45) is 7.82. The summed E-state index contributed by atoms with van der Waals surface area (Å²) in [7, 11) is 0. The first-order chi connectivity index (χ1) is 10.9. The van der Waals surface area contributed by atoms with Gasteiger partial charge in [-0.2, -0.15) is 0 Å². The standard InChI is InChI=1S/C18H19FN4/c1-13-21-17(16-9-6-10-18(2,3)12-20-16)22-23(13)11-14-7-4-5-8-15(14)19/h4-10,12H,11H2,1-3H3. The predicted octanol–water partition coefficient (Wildman–Crippen LogP) is 3.78. The molecule has 0 spiro atoms. The summed E-state index contributed by atoms with van der Waals surface area (Å²) in [6.45, 7) is 6.38. The molecule has 0 N–H and O–H groups in total. The van der Waals surface area contributed by atoms with E-state index in [9.17, 15) is 4.39 Å². The summed E-state index contributed by atoms with van der Waals surface area (Å²) in [5, 5.41) is 4.48. The van der Waals surface area contributed by atoms with E-state index >= 15 is 0 Å². The third kappa shape index (κ3) is 3.44. The molecule has 4 nitrogen and oxygen atoms in total. The number of aliphatic imine (C=N–C) groups is 1. The minimum atomic E-state index is -0.236. The molecular weight excluding hydrogens is 291 g/mol. The number of rotatable bonds is 3. The monoisotopic (exact) mass is 310 g/mol. The second-order valence-corrected chi connectivity index (χ2v) is 6.22. The molecular formula is C18H19FN4. The van der Waals surface area contributed by atoms with Gasteiger partial charge >= 0.3 is 0 Å². The van der Waals surface area contributed by atoms with Crippen molar-refractivity contribution in [3.8, 4) is 0 Å². The van der Waals surface area contributed by atoms with Crippen molar-refractivity contribution in [1.82, 2.24) is 14.8 Å². The van der Waals surface area contributed by atoms with E-state index in [-0.39, 0.29) is 11.2 Å². The van der Waals surface area contributed by atoms with Crippen LogP contribution in [-0.4, -0.2) is 21.0 Å². The molecule has 0 fully saturated rings. The van der Waals surface area contributed by atoms with Gasteiger partial charge in [0.2, 0.25) is 0 Å². The van der Waals surface area contributed by atoms with Gasteiger partial charge in [-0.1, -0.05) is 44.2 Å². The van der Waals surface area contributed by atoms with E-state index in [4.69, 9.17) is 0 Å². The highest BCUT2D eigenvalue weighted by molar-refractivity contribution is 5.78. The summed E-state index contributed by atoms with van der Waals surface area (Å²) >= 11 is 0. The van der Waals surface area contributed by atoms with Crippen LogP contribution in [-0.2, 0) is 6.54 Å². The van der Waals surface area contributed by atoms with E-state index in [1.807, 2.05) is 31.4 Å². The Morgan fingerprint density at radius 3 is 2.78 bits per heavy atom. The van der Waals surface area contributed by atoms with Gasteiger partial charge in [-0.05, 0) is 19.1 Å². The molecule has 0 bridgehead atoms. The Labute approximate surface area is 135 Å². The van der Waals surface area contributed by atoms with Gasteiger partial charge < -0.3 is 0 Å². The number of aryl methyl sites for hydroxylation is 1. The van der Waals surface area contributed by atoms with Crippen LogP contribution in [0.25, 0.3) is 5.70 Å². The van der Waals surface area contributed by atoms with Gasteiger partial charge in [-0.3, -0.25) is 4.99 Å². The zero-order chi connectivity index (χ0) is 16.4. The van der Waals surface area contributed by atoms with E-state index in [1.165, 1.54) is 6.07 Å². The van der Waals surface area contributed by atoms with Crippen molar-refractivity contribution in [2.45, 2.75) is 27.3 Å². The number of hydrogen-bond acceptors (Lipinski definition) is 3. The molecule has 0 aliphatic carbocycles. The van der Waals surface area contributed by atoms with Crippen molar-refractivity contribution in [2.24, 2.45) is 10.4 Å². The molecule has 0 unspecified atom stereocenters. The van der Waals surface area contributed by atoms with Crippen LogP contribution < -0.4 is 0 Å². The predicted molar refractivity (Wildman–Crippen MR) is 89.7 cm³/mol. The number of hydrogen-bond donors (Lipinski definition) is 0. The average Bonchev–Trinajstić information content (AvgIpc) is 2.75. The smallest absolute Gasteiger partial charge is 0.199 e. The van der Waals surface area contributed by atoms with Gasteiger partial charge in [0.15, 0.2) is 5.82 Å². The maximum atomic E-state index is 13.8. The summed E-state index contributed by atoms with van der Waals surface area (Å²) < 4.78 is 15.5. The first kappa shape index (κ1) is 15.3. The minimum absolute atomic E-state index is 0.0942. The highest BCUT2D eigenvalue weighted by Crippen LogP contribution is 2.22. The molecule has 1 aliphatic heterocycles. The van der Waals surface area contributed by atoms with Crippen LogP contribution >= 0.6 is 0 Å². The maximum absolute atomic E-state index is 13.8. The molecule has 0 saturated heterocycles. The fourth-order valence-corrected chi connectivity index (χ4v) is 2.31. The first-order valence-electron chi connectivity index (χ1n) is 7.55. The fourth-order valence-electron chi connectivity index (χ4n) is 2.31. The van der Waals surface area contributed by atoms with E-state index in [2.05, 4.69) is 35.0 Å². The lowest BCUT2D eigenvalue weighted by molar-refractivity contribution is 0.578. The Morgan fingerprint density at radius 2 is 2.00 bits per heavy atom. The first-order valence-corrected chi connectivity index (χ1v) is 7.55. The molecule has 0 saturated carbocycles. The van der Waals surface area contributed by atoms with Gasteiger partial charge in [0.25, 0.3) is 0 Å². The Morgan fingerprint density at radius 1 is 1.22 bits per heavy atom. The number of nitrogens with zero attached hydrogens (tertiary/aromatic N) is 4. The van der Waals surface area contributed by atoms with Gasteiger partial charge in [0.05, 0.1) is 6.54 Å². The van der Waals surface area contributed by atoms with E-state index in [1.54, 1.807) is 16.8 Å². The summed E-state index contributed by atoms with van der Waals surface area (Å²) in [4.78, 5) is 8.95. The van der Waals surface area contributed by atoms with Crippen LogP contribution in [0.4, 0.5) is 4.39 Å². The molecule has 23 heavy (non-hydrogen) atoms. The Bertz CT molecular complexity index is 812. The highest BCUT2D eigenvalue weighted by atomic mass is 19.1. The number of benzene rings is 1. The summed E-state index contributed by atoms with van der Waals surface area (Å²) in [5.41, 5.74) is 1.21. The molecule has 0 amide bonds. The molecule has 1 aromatic heterocycles. The molecule has 0 atom stereocenters. The van der Waals surface area contributed by atoms with Crippen molar-refractivity contribution in [3.63, 3.8) is 0 Å². The van der Waals surface area contributed by atoms with Gasteiger partial charge in [0.1, 0.15) is 17.3 Å². The third-order valence-electron chi connectivity index (χ3n) is 3.68. The van der Waals surface area contributed by atoms with Crippen molar-refractivity contribution in [2.75, 3.05) is 0 Å². The summed E-state index contributed by atoms with van der Waals surface area (Å²) in [5.74, 6) is 1.05. The Hall–Kier alpha value is -2.56. The highest BCUT2D eigenvalue weighted by Gasteiger charge is 2.16. The molecule has 3 rings (SSSR count). The van der Waals surface area contributed by atoms with Crippen LogP contribution in [0.5, 0.6) is 0 Å². The Kier molecular flexibility index (Phi) is 3.94. The molecule has 2 heterocycles. The SMILES string of the molecule is Cc1nc(C2=CC=CC(C)(C)C=N2)nn1Cc1ccccc1F. The van der Waals surface area contributed by atoms with Crippen LogP contribution in [0.3, 0.4) is 0 Å². The molecule has 0 radical (unpaired) electrons. The van der Waals surface area contributed by atoms with Crippen LogP contribution in [0.1, 0.15) is 31.1 Å². The van der Waals surface area contributed by atoms with E-state index in [0.717, 1.165) is 5.82 Å². The second-order valence-electron chi connectivity index (χ2n) is 6.22. The largest absolute Gasteiger partial charge is 0.256 e. The minimum Gasteiger partial charge on any atom is -0.256 e. The number of allylic oxidation sites excluding steroid dienone is 3. The van der Waals surface area contributed by atoms with Crippen LogP contribution in [0, 0.1) is 18.2 Å². The molecule has 118 valence electrons. The lowest BCUT2D eigenvalue weighted by Gasteiger charge is -2.10. The fraction of sp³-hybridized carbons (Fsp3) is 0.278. The van der Waals surface area contributed by atoms with Gasteiger partial charge in [-0.25, -0.2) is 14.1 Å². The summed E-state index contributed by atoms with van der Waals surface area (Å²) in [6, 6.07) is 6.70. The molecule has 2 aromatic rings. The lowest BCUT2D eigenvalue weighted by atomic mass is 9.95.